The summed E-state index contributed by atoms with van der Waals surface area (Å²) in [5, 5.41) is 2.91. The van der Waals surface area contributed by atoms with E-state index in [4.69, 9.17) is 9.47 Å². The second-order valence-corrected chi connectivity index (χ2v) is 9.90. The Morgan fingerprint density at radius 3 is 2.44 bits per heavy atom. The molecule has 1 aliphatic heterocycles. The second kappa shape index (κ2) is 11.1. The molecule has 0 spiro atoms. The molecular formula is C28H35N3O5. The van der Waals surface area contributed by atoms with Crippen molar-refractivity contribution in [3.8, 4) is 5.75 Å². The molecule has 0 radical (unpaired) electrons. The van der Waals surface area contributed by atoms with E-state index in [0.717, 1.165) is 12.8 Å². The van der Waals surface area contributed by atoms with E-state index < -0.39 is 0 Å². The number of fused-ring (bicyclic) bond motifs is 1. The highest BCUT2D eigenvalue weighted by Gasteiger charge is 2.32. The van der Waals surface area contributed by atoms with E-state index in [1.54, 1.807) is 37.3 Å². The molecule has 1 heterocycles. The van der Waals surface area contributed by atoms with Crippen LogP contribution in [0, 0.1) is 11.8 Å². The minimum Gasteiger partial charge on any atom is -0.491 e. The van der Waals surface area contributed by atoms with Crippen LogP contribution in [0.3, 0.4) is 0 Å². The fraction of sp³-hybridized carbons (Fsp3) is 0.464. The van der Waals surface area contributed by atoms with Crippen LogP contribution < -0.4 is 10.1 Å². The summed E-state index contributed by atoms with van der Waals surface area (Å²) in [6.07, 6.45) is 1.52. The Labute approximate surface area is 212 Å². The van der Waals surface area contributed by atoms with E-state index in [9.17, 15) is 14.4 Å². The van der Waals surface area contributed by atoms with Crippen molar-refractivity contribution >= 4 is 23.4 Å². The van der Waals surface area contributed by atoms with Gasteiger partial charge in [-0.15, -0.1) is 0 Å². The quantitative estimate of drug-likeness (QED) is 0.702. The summed E-state index contributed by atoms with van der Waals surface area (Å²) in [5.41, 5.74) is 1.54. The number of hydrogen-bond acceptors (Lipinski definition) is 5. The van der Waals surface area contributed by atoms with Crippen LogP contribution in [0.4, 0.5) is 5.69 Å². The van der Waals surface area contributed by atoms with Crippen molar-refractivity contribution in [1.29, 1.82) is 0 Å². The number of carbonyl (C=O) groups is 3. The molecule has 1 aliphatic carbocycles. The highest BCUT2D eigenvalue weighted by Crippen LogP contribution is 2.31. The Morgan fingerprint density at radius 1 is 1.06 bits per heavy atom. The first-order valence-corrected chi connectivity index (χ1v) is 12.5. The van der Waals surface area contributed by atoms with Gasteiger partial charge in [-0.3, -0.25) is 14.4 Å². The summed E-state index contributed by atoms with van der Waals surface area (Å²) in [7, 11) is 3.35. The van der Waals surface area contributed by atoms with Gasteiger partial charge in [0.2, 0.25) is 5.91 Å². The molecule has 8 nitrogen and oxygen atoms in total. The highest BCUT2D eigenvalue weighted by molar-refractivity contribution is 6.00. The van der Waals surface area contributed by atoms with Gasteiger partial charge in [0, 0.05) is 50.3 Å². The summed E-state index contributed by atoms with van der Waals surface area (Å²) >= 11 is 0. The Balaban J connectivity index is 1.65. The summed E-state index contributed by atoms with van der Waals surface area (Å²) < 4.78 is 11.9. The molecule has 0 aromatic heterocycles. The minimum absolute atomic E-state index is 0.0261. The fourth-order valence-corrected chi connectivity index (χ4v) is 4.47. The standard InChI is InChI=1S/C28H35N3O5/c1-18-15-31(27(33)21-8-6-5-7-9-21)19(2)17-36-24-13-12-22(29-26(32)20-10-11-20)14-23(24)28(34)30(3)16-25(18)35-4/h5-9,12-14,18-20,25H,10-11,15-17H2,1-4H3,(H,29,32)/t18-,19+,25+/m0/s1. The van der Waals surface area contributed by atoms with Gasteiger partial charge in [-0.1, -0.05) is 25.1 Å². The van der Waals surface area contributed by atoms with Gasteiger partial charge in [-0.25, -0.2) is 0 Å². The van der Waals surface area contributed by atoms with Crippen LogP contribution in [0.25, 0.3) is 0 Å². The Kier molecular flexibility index (Phi) is 7.94. The van der Waals surface area contributed by atoms with Crippen molar-refractivity contribution in [2.45, 2.75) is 38.8 Å². The zero-order valence-corrected chi connectivity index (χ0v) is 21.4. The van der Waals surface area contributed by atoms with Crippen molar-refractivity contribution < 1.29 is 23.9 Å². The Hall–Kier alpha value is -3.39. The predicted octanol–water partition coefficient (Wildman–Crippen LogP) is 3.68. The van der Waals surface area contributed by atoms with Crippen molar-refractivity contribution in [2.24, 2.45) is 11.8 Å². The van der Waals surface area contributed by atoms with Crippen molar-refractivity contribution in [1.82, 2.24) is 9.80 Å². The van der Waals surface area contributed by atoms with Gasteiger partial charge in [-0.05, 0) is 50.1 Å². The molecule has 3 atom stereocenters. The maximum atomic E-state index is 13.5. The molecule has 2 aromatic carbocycles. The third-order valence-corrected chi connectivity index (χ3v) is 6.94. The van der Waals surface area contributed by atoms with E-state index in [1.165, 1.54) is 0 Å². The number of ether oxygens (including phenoxy) is 2. The van der Waals surface area contributed by atoms with Gasteiger partial charge < -0.3 is 24.6 Å². The van der Waals surface area contributed by atoms with Crippen LogP contribution in [-0.2, 0) is 9.53 Å². The number of anilines is 1. The first-order valence-electron chi connectivity index (χ1n) is 12.5. The molecule has 2 aliphatic rings. The summed E-state index contributed by atoms with van der Waals surface area (Å²) in [4.78, 5) is 42.6. The Morgan fingerprint density at radius 2 is 1.78 bits per heavy atom. The van der Waals surface area contributed by atoms with Crippen LogP contribution >= 0.6 is 0 Å². The monoisotopic (exact) mass is 493 g/mol. The molecule has 3 amide bonds. The highest BCUT2D eigenvalue weighted by atomic mass is 16.5. The third kappa shape index (κ3) is 5.87. The number of nitrogens with zero attached hydrogens (tertiary/aromatic N) is 2. The van der Waals surface area contributed by atoms with Crippen LogP contribution in [0.2, 0.25) is 0 Å². The van der Waals surface area contributed by atoms with Gasteiger partial charge in [0.15, 0.2) is 0 Å². The lowest BCUT2D eigenvalue weighted by Gasteiger charge is -2.36. The fourth-order valence-electron chi connectivity index (χ4n) is 4.47. The summed E-state index contributed by atoms with van der Waals surface area (Å²) in [6, 6.07) is 14.1. The lowest BCUT2D eigenvalue weighted by molar-refractivity contribution is -0.117. The third-order valence-electron chi connectivity index (χ3n) is 6.94. The lowest BCUT2D eigenvalue weighted by atomic mass is 10.0. The second-order valence-electron chi connectivity index (χ2n) is 9.90. The zero-order valence-electron chi connectivity index (χ0n) is 21.4. The molecule has 36 heavy (non-hydrogen) atoms. The summed E-state index contributed by atoms with van der Waals surface area (Å²) in [5.74, 6) is 0.113. The first kappa shape index (κ1) is 25.7. The van der Waals surface area contributed by atoms with E-state index in [2.05, 4.69) is 5.32 Å². The molecule has 4 rings (SSSR count). The molecular weight excluding hydrogens is 458 g/mol. The molecule has 1 fully saturated rings. The Bertz CT molecular complexity index is 1100. The predicted molar refractivity (Wildman–Crippen MR) is 137 cm³/mol. The van der Waals surface area contributed by atoms with Gasteiger partial charge in [0.25, 0.3) is 11.8 Å². The molecule has 192 valence electrons. The molecule has 0 unspecified atom stereocenters. The van der Waals surface area contributed by atoms with Crippen molar-refractivity contribution in [3.63, 3.8) is 0 Å². The topological polar surface area (TPSA) is 88.2 Å². The van der Waals surface area contributed by atoms with Gasteiger partial charge in [0.1, 0.15) is 12.4 Å². The number of rotatable bonds is 4. The molecule has 1 saturated carbocycles. The van der Waals surface area contributed by atoms with Gasteiger partial charge in [0.05, 0.1) is 17.7 Å². The van der Waals surface area contributed by atoms with Crippen LogP contribution in [-0.4, -0.2) is 73.5 Å². The molecule has 0 bridgehead atoms. The largest absolute Gasteiger partial charge is 0.491 e. The molecule has 1 N–H and O–H groups in total. The maximum Gasteiger partial charge on any atom is 0.257 e. The molecule has 2 aromatic rings. The minimum atomic E-state index is -0.279. The lowest BCUT2D eigenvalue weighted by Crippen LogP contribution is -2.48. The van der Waals surface area contributed by atoms with Crippen LogP contribution in [0.1, 0.15) is 47.4 Å². The normalized spacial score (nSPS) is 23.1. The number of methoxy groups -OCH3 is 1. The number of amides is 3. The number of carbonyl (C=O) groups excluding carboxylic acids is 3. The van der Waals surface area contributed by atoms with E-state index >= 15 is 0 Å². The molecule has 0 saturated heterocycles. The smallest absolute Gasteiger partial charge is 0.257 e. The van der Waals surface area contributed by atoms with E-state index in [1.807, 2.05) is 49.1 Å². The number of hydrogen-bond donors (Lipinski definition) is 1. The molecule has 8 heteroatoms. The number of likely N-dealkylation sites (N-methyl/N-ethyl adjacent to an activating group) is 1. The van der Waals surface area contributed by atoms with Crippen molar-refractivity contribution in [2.75, 3.05) is 39.2 Å². The zero-order chi connectivity index (χ0) is 25.8. The van der Waals surface area contributed by atoms with Gasteiger partial charge in [-0.2, -0.15) is 0 Å². The van der Waals surface area contributed by atoms with E-state index in [0.29, 0.717) is 35.7 Å². The average Bonchev–Trinajstić information content (AvgIpc) is 3.74. The first-order chi connectivity index (χ1) is 17.3. The number of benzene rings is 2. The maximum absolute atomic E-state index is 13.5. The van der Waals surface area contributed by atoms with Crippen molar-refractivity contribution in [3.05, 3.63) is 59.7 Å². The van der Waals surface area contributed by atoms with Crippen LogP contribution in [0.15, 0.2) is 48.5 Å². The average molecular weight is 494 g/mol. The van der Waals surface area contributed by atoms with Gasteiger partial charge >= 0.3 is 0 Å². The van der Waals surface area contributed by atoms with Crippen LogP contribution in [0.5, 0.6) is 5.75 Å². The SMILES string of the molecule is CO[C@@H]1CN(C)C(=O)c2cc(NC(=O)C3CC3)ccc2OC[C@@H](C)N(C(=O)c2ccccc2)C[C@@H]1C. The summed E-state index contributed by atoms with van der Waals surface area (Å²) in [6.45, 7) is 4.98. The number of nitrogens with one attached hydrogen (secondary N) is 1. The van der Waals surface area contributed by atoms with E-state index in [-0.39, 0.29) is 48.3 Å².